The first-order valence-corrected chi connectivity index (χ1v) is 12.9. The number of amides is 2. The summed E-state index contributed by atoms with van der Waals surface area (Å²) in [6.07, 6.45) is 15.7. The van der Waals surface area contributed by atoms with E-state index in [0.29, 0.717) is 24.4 Å². The summed E-state index contributed by atoms with van der Waals surface area (Å²) in [6, 6.07) is 0. The van der Waals surface area contributed by atoms with Crippen molar-refractivity contribution < 1.29 is 9.59 Å². The van der Waals surface area contributed by atoms with E-state index in [0.717, 1.165) is 83.8 Å². The van der Waals surface area contributed by atoms with Gasteiger partial charge in [0.25, 0.3) is 0 Å². The fourth-order valence-corrected chi connectivity index (χ4v) is 5.74. The molecule has 5 heteroatoms. The van der Waals surface area contributed by atoms with Crippen molar-refractivity contribution in [2.24, 2.45) is 11.8 Å². The van der Waals surface area contributed by atoms with Gasteiger partial charge in [0.1, 0.15) is 0 Å². The highest BCUT2D eigenvalue weighted by Crippen LogP contribution is 2.31. The van der Waals surface area contributed by atoms with Crippen LogP contribution in [0.2, 0.25) is 0 Å². The van der Waals surface area contributed by atoms with Crippen molar-refractivity contribution in [2.45, 2.75) is 109 Å². The van der Waals surface area contributed by atoms with Gasteiger partial charge in [0, 0.05) is 25.6 Å². The van der Waals surface area contributed by atoms with Gasteiger partial charge in [0.15, 0.2) is 0 Å². The third-order valence-corrected chi connectivity index (χ3v) is 7.83. The molecule has 0 aromatic heterocycles. The second-order valence-electron chi connectivity index (χ2n) is 10.1. The molecule has 0 radical (unpaired) electrons. The van der Waals surface area contributed by atoms with Crippen LogP contribution in [0, 0.1) is 11.8 Å². The number of hydrogen-bond acceptors (Lipinski definition) is 3. The summed E-state index contributed by atoms with van der Waals surface area (Å²) in [5.41, 5.74) is -0.316. The minimum Gasteiger partial charge on any atom is -0.342 e. The Morgan fingerprint density at radius 3 is 2.33 bits per heavy atom. The minimum absolute atomic E-state index is 0.272. The summed E-state index contributed by atoms with van der Waals surface area (Å²) < 4.78 is 0. The van der Waals surface area contributed by atoms with Crippen molar-refractivity contribution in [3.8, 4) is 0 Å². The average molecular weight is 420 g/mol. The lowest BCUT2D eigenvalue weighted by atomic mass is 9.87. The zero-order valence-electron chi connectivity index (χ0n) is 19.6. The number of hydrogen-bond donors (Lipinski definition) is 1. The lowest BCUT2D eigenvalue weighted by Crippen LogP contribution is -2.46. The predicted molar refractivity (Wildman–Crippen MR) is 122 cm³/mol. The Balaban J connectivity index is 1.46. The van der Waals surface area contributed by atoms with E-state index in [-0.39, 0.29) is 11.5 Å². The number of rotatable bonds is 10. The van der Waals surface area contributed by atoms with E-state index in [1.807, 2.05) is 0 Å². The SMILES string of the molecule is CCCCC1(CCCC)NCN(CCC2CCN(C(=O)C3CCCCCC3)C2)C1=O. The fourth-order valence-electron chi connectivity index (χ4n) is 5.74. The van der Waals surface area contributed by atoms with Crippen LogP contribution in [0.25, 0.3) is 0 Å². The van der Waals surface area contributed by atoms with E-state index in [1.165, 1.54) is 25.7 Å². The molecule has 0 spiro atoms. The molecule has 1 saturated carbocycles. The van der Waals surface area contributed by atoms with Crippen molar-refractivity contribution in [3.63, 3.8) is 0 Å². The number of carbonyl (C=O) groups is 2. The molecule has 2 heterocycles. The molecule has 2 aliphatic heterocycles. The van der Waals surface area contributed by atoms with Crippen molar-refractivity contribution in [1.82, 2.24) is 15.1 Å². The molecule has 3 rings (SSSR count). The van der Waals surface area contributed by atoms with Crippen LogP contribution in [0.3, 0.4) is 0 Å². The fraction of sp³-hybridized carbons (Fsp3) is 0.920. The van der Waals surface area contributed by atoms with Gasteiger partial charge < -0.3 is 9.80 Å². The standard InChI is InChI=1S/C25H45N3O2/c1-3-5-15-25(16-6-4-2)24(30)28(20-26-25)18-14-21-13-17-27(19-21)23(29)22-11-9-7-8-10-12-22/h21-22,26H,3-20H2,1-2H3. The Kier molecular flexibility index (Phi) is 9.03. The molecule has 0 aromatic carbocycles. The first kappa shape index (κ1) is 23.6. The number of unbranched alkanes of at least 4 members (excludes halogenated alkanes) is 2. The number of carbonyl (C=O) groups excluding carboxylic acids is 2. The summed E-state index contributed by atoms with van der Waals surface area (Å²) in [4.78, 5) is 30.4. The number of nitrogens with one attached hydrogen (secondary N) is 1. The van der Waals surface area contributed by atoms with Gasteiger partial charge in [0.2, 0.25) is 11.8 Å². The average Bonchev–Trinajstić information content (AvgIpc) is 3.23. The Hall–Kier alpha value is -1.10. The molecular weight excluding hydrogens is 374 g/mol. The topological polar surface area (TPSA) is 52.6 Å². The quantitative estimate of drug-likeness (QED) is 0.522. The Morgan fingerprint density at radius 1 is 1.03 bits per heavy atom. The van der Waals surface area contributed by atoms with Crippen LogP contribution in [0.5, 0.6) is 0 Å². The molecule has 30 heavy (non-hydrogen) atoms. The van der Waals surface area contributed by atoms with Crippen LogP contribution in [-0.4, -0.2) is 53.5 Å². The summed E-state index contributed by atoms with van der Waals surface area (Å²) in [5.74, 6) is 1.56. The molecule has 1 unspecified atom stereocenters. The smallest absolute Gasteiger partial charge is 0.243 e. The summed E-state index contributed by atoms with van der Waals surface area (Å²) >= 11 is 0. The summed E-state index contributed by atoms with van der Waals surface area (Å²) in [6.45, 7) is 7.76. The van der Waals surface area contributed by atoms with Gasteiger partial charge in [-0.25, -0.2) is 0 Å². The zero-order valence-corrected chi connectivity index (χ0v) is 19.6. The molecule has 2 amide bonds. The van der Waals surface area contributed by atoms with Crippen LogP contribution >= 0.6 is 0 Å². The molecule has 3 fully saturated rings. The van der Waals surface area contributed by atoms with Gasteiger partial charge in [-0.05, 0) is 44.4 Å². The molecule has 5 nitrogen and oxygen atoms in total. The molecule has 0 aromatic rings. The molecular formula is C25H45N3O2. The molecule has 1 aliphatic carbocycles. The third-order valence-electron chi connectivity index (χ3n) is 7.83. The van der Waals surface area contributed by atoms with Gasteiger partial charge in [-0.2, -0.15) is 0 Å². The lowest BCUT2D eigenvalue weighted by molar-refractivity contribution is -0.135. The number of likely N-dealkylation sites (tertiary alicyclic amines) is 1. The second-order valence-corrected chi connectivity index (χ2v) is 10.1. The predicted octanol–water partition coefficient (Wildman–Crippen LogP) is 4.70. The van der Waals surface area contributed by atoms with Crippen LogP contribution < -0.4 is 5.32 Å². The molecule has 3 aliphatic rings. The van der Waals surface area contributed by atoms with Gasteiger partial charge in [-0.15, -0.1) is 0 Å². The van der Waals surface area contributed by atoms with Crippen molar-refractivity contribution in [1.29, 1.82) is 0 Å². The van der Waals surface area contributed by atoms with Gasteiger partial charge in [-0.3, -0.25) is 14.9 Å². The largest absolute Gasteiger partial charge is 0.342 e. The van der Waals surface area contributed by atoms with Crippen molar-refractivity contribution >= 4 is 11.8 Å². The maximum absolute atomic E-state index is 13.3. The van der Waals surface area contributed by atoms with E-state index >= 15 is 0 Å². The summed E-state index contributed by atoms with van der Waals surface area (Å²) in [7, 11) is 0. The van der Waals surface area contributed by atoms with Gasteiger partial charge in [0.05, 0.1) is 12.2 Å². The van der Waals surface area contributed by atoms with Crippen LogP contribution in [-0.2, 0) is 9.59 Å². The van der Waals surface area contributed by atoms with Gasteiger partial charge in [-0.1, -0.05) is 65.2 Å². The first-order valence-electron chi connectivity index (χ1n) is 12.9. The lowest BCUT2D eigenvalue weighted by Gasteiger charge is -2.28. The van der Waals surface area contributed by atoms with E-state index in [9.17, 15) is 9.59 Å². The molecule has 172 valence electrons. The van der Waals surface area contributed by atoms with Crippen LogP contribution in [0.4, 0.5) is 0 Å². The second kappa shape index (κ2) is 11.5. The molecule has 1 atom stereocenters. The Morgan fingerprint density at radius 2 is 1.70 bits per heavy atom. The highest BCUT2D eigenvalue weighted by atomic mass is 16.2. The summed E-state index contributed by atoms with van der Waals surface area (Å²) in [5, 5.41) is 3.60. The van der Waals surface area contributed by atoms with Crippen molar-refractivity contribution in [2.75, 3.05) is 26.3 Å². The van der Waals surface area contributed by atoms with Crippen molar-refractivity contribution in [3.05, 3.63) is 0 Å². The first-order chi connectivity index (χ1) is 14.6. The maximum atomic E-state index is 13.3. The monoisotopic (exact) mass is 419 g/mol. The highest BCUT2D eigenvalue weighted by molar-refractivity contribution is 5.88. The normalized spacial score (nSPS) is 25.1. The van der Waals surface area contributed by atoms with E-state index in [4.69, 9.17) is 0 Å². The maximum Gasteiger partial charge on any atom is 0.243 e. The van der Waals surface area contributed by atoms with E-state index in [1.54, 1.807) is 0 Å². The van der Waals surface area contributed by atoms with E-state index in [2.05, 4.69) is 29.0 Å². The van der Waals surface area contributed by atoms with Crippen LogP contribution in [0.15, 0.2) is 0 Å². The minimum atomic E-state index is -0.316. The van der Waals surface area contributed by atoms with E-state index < -0.39 is 0 Å². The molecule has 1 N–H and O–H groups in total. The number of nitrogens with zero attached hydrogens (tertiary/aromatic N) is 2. The third kappa shape index (κ3) is 5.77. The van der Waals surface area contributed by atoms with Crippen LogP contribution in [0.1, 0.15) is 104 Å². The zero-order chi connectivity index (χ0) is 21.4. The molecule has 0 bridgehead atoms. The highest BCUT2D eigenvalue weighted by Gasteiger charge is 2.45. The Bertz CT molecular complexity index is 549. The molecule has 2 saturated heterocycles. The Labute approximate surface area is 184 Å². The van der Waals surface area contributed by atoms with Gasteiger partial charge >= 0.3 is 0 Å².